The summed E-state index contributed by atoms with van der Waals surface area (Å²) in [6.45, 7) is 1.95. The van der Waals surface area contributed by atoms with Crippen molar-refractivity contribution in [2.24, 2.45) is 0 Å². The van der Waals surface area contributed by atoms with Crippen LogP contribution in [-0.4, -0.2) is 21.9 Å². The minimum atomic E-state index is -0.536. The second-order valence-corrected chi connectivity index (χ2v) is 6.09. The van der Waals surface area contributed by atoms with Crippen LogP contribution in [-0.2, 0) is 4.79 Å². The summed E-state index contributed by atoms with van der Waals surface area (Å²) >= 11 is 0. The summed E-state index contributed by atoms with van der Waals surface area (Å²) in [6.07, 6.45) is 0. The molecule has 6 heteroatoms. The fourth-order valence-electron chi connectivity index (χ4n) is 3.28. The Kier molecular flexibility index (Phi) is 3.47. The second-order valence-electron chi connectivity index (χ2n) is 6.09. The molecule has 0 bridgehead atoms. The number of aryl methyl sites for hydroxylation is 1. The summed E-state index contributed by atoms with van der Waals surface area (Å²) in [6, 6.07) is 15.0. The molecule has 25 heavy (non-hydrogen) atoms. The van der Waals surface area contributed by atoms with Gasteiger partial charge in [0, 0.05) is 16.6 Å². The van der Waals surface area contributed by atoms with Crippen molar-refractivity contribution < 1.29 is 10.0 Å². The number of hydrogen-bond donors (Lipinski definition) is 4. The highest BCUT2D eigenvalue weighted by atomic mass is 16.5. The number of aromatic nitrogens is 1. The Morgan fingerprint density at radius 1 is 1.24 bits per heavy atom. The van der Waals surface area contributed by atoms with Crippen LogP contribution in [0.25, 0.3) is 10.9 Å². The van der Waals surface area contributed by atoms with Gasteiger partial charge in [0.2, 0.25) is 5.91 Å². The first kappa shape index (κ1) is 15.3. The van der Waals surface area contributed by atoms with Gasteiger partial charge < -0.3 is 5.32 Å². The fraction of sp³-hybridized carbons (Fsp3) is 0.105. The zero-order valence-electron chi connectivity index (χ0n) is 13.5. The third kappa shape index (κ3) is 2.43. The third-order valence-corrected chi connectivity index (χ3v) is 4.51. The van der Waals surface area contributed by atoms with Crippen LogP contribution in [0, 0.1) is 12.3 Å². The summed E-state index contributed by atoms with van der Waals surface area (Å²) in [7, 11) is 0. The van der Waals surface area contributed by atoms with Crippen molar-refractivity contribution in [2.45, 2.75) is 12.8 Å². The predicted octanol–water partition coefficient (Wildman–Crippen LogP) is 2.93. The Morgan fingerprint density at radius 2 is 2.04 bits per heavy atom. The van der Waals surface area contributed by atoms with E-state index in [0.29, 0.717) is 16.9 Å². The zero-order chi connectivity index (χ0) is 17.6. The van der Waals surface area contributed by atoms with Crippen LogP contribution in [0.1, 0.15) is 28.3 Å². The van der Waals surface area contributed by atoms with Crippen LogP contribution in [0.15, 0.2) is 48.5 Å². The van der Waals surface area contributed by atoms with Gasteiger partial charge in [0.15, 0.2) is 0 Å². The minimum Gasteiger partial charge on any atom is -0.325 e. The van der Waals surface area contributed by atoms with E-state index in [4.69, 9.17) is 15.6 Å². The number of rotatable bonds is 2. The van der Waals surface area contributed by atoms with Gasteiger partial charge in [0.25, 0.3) is 0 Å². The summed E-state index contributed by atoms with van der Waals surface area (Å²) in [4.78, 5) is 17.3. The van der Waals surface area contributed by atoms with Crippen molar-refractivity contribution in [1.29, 1.82) is 5.41 Å². The van der Waals surface area contributed by atoms with Crippen LogP contribution in [0.2, 0.25) is 0 Å². The van der Waals surface area contributed by atoms with E-state index in [1.165, 1.54) is 0 Å². The molecule has 2 heterocycles. The van der Waals surface area contributed by atoms with Crippen LogP contribution in [0.4, 0.5) is 5.69 Å². The lowest BCUT2D eigenvalue weighted by Gasteiger charge is -2.14. The number of nitrogens with zero attached hydrogens (tertiary/aromatic N) is 1. The predicted molar refractivity (Wildman–Crippen MR) is 95.1 cm³/mol. The van der Waals surface area contributed by atoms with Crippen molar-refractivity contribution in [2.75, 3.05) is 5.32 Å². The van der Waals surface area contributed by atoms with Crippen LogP contribution < -0.4 is 10.8 Å². The maximum absolute atomic E-state index is 12.6. The molecule has 1 atom stereocenters. The SMILES string of the molecule is Cc1cc2ccccc2nc1C1C(=O)Nc2ccc(C(=N)NO)cc21. The second kappa shape index (κ2) is 5.68. The van der Waals surface area contributed by atoms with E-state index in [9.17, 15) is 4.79 Å². The van der Waals surface area contributed by atoms with Crippen molar-refractivity contribution in [1.82, 2.24) is 10.5 Å². The molecule has 1 aliphatic rings. The Balaban J connectivity index is 1.88. The monoisotopic (exact) mass is 332 g/mol. The number of carbonyl (C=O) groups is 1. The van der Waals surface area contributed by atoms with Crippen molar-refractivity contribution in [3.8, 4) is 0 Å². The molecule has 124 valence electrons. The van der Waals surface area contributed by atoms with Gasteiger partial charge in [-0.1, -0.05) is 18.2 Å². The molecule has 1 unspecified atom stereocenters. The quantitative estimate of drug-likeness (QED) is 0.329. The lowest BCUT2D eigenvalue weighted by Crippen LogP contribution is -2.19. The van der Waals surface area contributed by atoms with E-state index in [1.807, 2.05) is 42.7 Å². The Morgan fingerprint density at radius 3 is 2.84 bits per heavy atom. The molecule has 4 rings (SSSR count). The first-order valence-corrected chi connectivity index (χ1v) is 7.88. The van der Waals surface area contributed by atoms with Gasteiger partial charge in [-0.2, -0.15) is 0 Å². The van der Waals surface area contributed by atoms with Gasteiger partial charge in [-0.15, -0.1) is 0 Å². The Labute approximate surface area is 144 Å². The van der Waals surface area contributed by atoms with Gasteiger partial charge >= 0.3 is 0 Å². The number of para-hydroxylation sites is 1. The molecule has 1 aliphatic heterocycles. The van der Waals surface area contributed by atoms with E-state index in [2.05, 4.69) is 5.32 Å². The number of hydroxylamine groups is 1. The van der Waals surface area contributed by atoms with Crippen LogP contribution in [0.3, 0.4) is 0 Å². The van der Waals surface area contributed by atoms with Crippen molar-refractivity contribution in [3.63, 3.8) is 0 Å². The molecular formula is C19H16N4O2. The maximum Gasteiger partial charge on any atom is 0.238 e. The first-order valence-electron chi connectivity index (χ1n) is 7.88. The van der Waals surface area contributed by atoms with Crippen molar-refractivity contribution >= 4 is 28.3 Å². The van der Waals surface area contributed by atoms with Gasteiger partial charge in [-0.25, -0.2) is 0 Å². The standard InChI is InChI=1S/C19H16N4O2/c1-10-8-11-4-2-3-5-14(11)21-17(10)16-13-9-12(18(20)23-25)6-7-15(13)22-19(16)24/h2-9,16,25H,1H3,(H2,20,23)(H,22,24). The number of fused-ring (bicyclic) bond motifs is 2. The zero-order valence-corrected chi connectivity index (χ0v) is 13.5. The van der Waals surface area contributed by atoms with Crippen LogP contribution in [0.5, 0.6) is 0 Å². The number of carbonyl (C=O) groups excluding carboxylic acids is 1. The van der Waals surface area contributed by atoms with E-state index < -0.39 is 5.92 Å². The molecule has 1 aromatic heterocycles. The minimum absolute atomic E-state index is 0.121. The highest BCUT2D eigenvalue weighted by Crippen LogP contribution is 2.38. The first-order chi connectivity index (χ1) is 12.1. The van der Waals surface area contributed by atoms with Crippen LogP contribution >= 0.6 is 0 Å². The number of nitrogens with one attached hydrogen (secondary N) is 3. The van der Waals surface area contributed by atoms with E-state index >= 15 is 0 Å². The van der Waals surface area contributed by atoms with E-state index in [1.54, 1.807) is 18.2 Å². The smallest absolute Gasteiger partial charge is 0.238 e. The molecule has 0 fully saturated rings. The molecule has 1 amide bonds. The molecule has 0 saturated heterocycles. The van der Waals surface area contributed by atoms with Gasteiger partial charge in [0.1, 0.15) is 11.8 Å². The molecule has 0 radical (unpaired) electrons. The molecule has 0 saturated carbocycles. The number of amidine groups is 1. The molecule has 0 aliphatic carbocycles. The number of benzene rings is 2. The maximum atomic E-state index is 12.6. The highest BCUT2D eigenvalue weighted by molar-refractivity contribution is 6.06. The van der Waals surface area contributed by atoms with E-state index in [-0.39, 0.29) is 11.7 Å². The Hall–Kier alpha value is -3.25. The number of hydrogen-bond acceptors (Lipinski definition) is 4. The van der Waals surface area contributed by atoms with Gasteiger partial charge in [0.05, 0.1) is 11.2 Å². The summed E-state index contributed by atoms with van der Waals surface area (Å²) in [5.74, 6) is -0.795. The summed E-state index contributed by atoms with van der Waals surface area (Å²) < 4.78 is 0. The number of amides is 1. The fourth-order valence-corrected chi connectivity index (χ4v) is 3.28. The van der Waals surface area contributed by atoms with E-state index in [0.717, 1.165) is 22.0 Å². The average molecular weight is 332 g/mol. The number of anilines is 1. The lowest BCUT2D eigenvalue weighted by molar-refractivity contribution is -0.116. The average Bonchev–Trinajstić information content (AvgIpc) is 2.95. The highest BCUT2D eigenvalue weighted by Gasteiger charge is 2.34. The van der Waals surface area contributed by atoms with Gasteiger partial charge in [-0.3, -0.25) is 25.9 Å². The van der Waals surface area contributed by atoms with Crippen molar-refractivity contribution in [3.05, 3.63) is 70.9 Å². The largest absolute Gasteiger partial charge is 0.325 e. The molecular weight excluding hydrogens is 316 g/mol. The molecule has 4 N–H and O–H groups in total. The molecule has 2 aromatic carbocycles. The Bertz CT molecular complexity index is 1030. The molecule has 6 nitrogen and oxygen atoms in total. The molecule has 3 aromatic rings. The summed E-state index contributed by atoms with van der Waals surface area (Å²) in [5, 5.41) is 20.6. The third-order valence-electron chi connectivity index (χ3n) is 4.51. The lowest BCUT2D eigenvalue weighted by atomic mass is 9.92. The van der Waals surface area contributed by atoms with Gasteiger partial charge in [-0.05, 0) is 48.4 Å². The summed E-state index contributed by atoms with van der Waals surface area (Å²) in [5.41, 5.74) is 6.28. The topological polar surface area (TPSA) is 98.1 Å². The number of pyridine rings is 1. The normalized spacial score (nSPS) is 15.8. The molecule has 0 spiro atoms.